The van der Waals surface area contributed by atoms with Crippen LogP contribution in [0.4, 0.5) is 0 Å². The maximum atomic E-state index is 14.5. The fraction of sp³-hybridized carbons (Fsp3) is 0.698. The first kappa shape index (κ1) is 67.7. The van der Waals surface area contributed by atoms with Crippen molar-refractivity contribution in [1.29, 1.82) is 0 Å². The average Bonchev–Trinajstić information content (AvgIpc) is 3.37. The van der Waals surface area contributed by atoms with Crippen LogP contribution >= 0.6 is 0 Å². The number of unbranched alkanes of at least 4 members (excludes halogenated alkanes) is 4. The van der Waals surface area contributed by atoms with Gasteiger partial charge in [-0.05, 0) is 94.8 Å². The number of guanidine groups is 1. The van der Waals surface area contributed by atoms with E-state index in [2.05, 4.69) is 59.8 Å². The number of carbonyl (C=O) groups excluding carboxylic acids is 9. The molecular weight excluding hydrogens is 1010 g/mol. The van der Waals surface area contributed by atoms with E-state index in [1.807, 2.05) is 27.7 Å². The van der Waals surface area contributed by atoms with Crippen molar-refractivity contribution in [1.82, 2.24) is 47.9 Å². The molecule has 0 bridgehead atoms. The second-order valence-electron chi connectivity index (χ2n) is 20.8. The summed E-state index contributed by atoms with van der Waals surface area (Å²) in [6.07, 6.45) is 3.68. The Labute approximate surface area is 459 Å². The van der Waals surface area contributed by atoms with E-state index in [4.69, 9.17) is 28.7 Å². The molecule has 0 saturated carbocycles. The summed E-state index contributed by atoms with van der Waals surface area (Å²) in [6.45, 7) is 8.97. The number of aliphatic imine (C=N–C) groups is 1. The monoisotopic (exact) mass is 1100 g/mol. The SMILES string of the molecule is CCCCCCC[C@@H](O)CC(=O)N[C@H](CCN)C(=O)N[C@H]1CCNC(=O)[C@H](CC(C)C)NC(=O)[C@H](CCN)NC(=O)[C@H](CCCN=C(N)N)NC(=O)[C@H](CC(C)C)NC(=O)[C@@H](Cc2ccccc2)NC(=O)[C@H](CCN)NC1=O. The molecule has 78 heavy (non-hydrogen) atoms. The van der Waals surface area contributed by atoms with Gasteiger partial charge in [-0.3, -0.25) is 48.1 Å². The first-order valence-corrected chi connectivity index (χ1v) is 27.7. The maximum absolute atomic E-state index is 14.5. The van der Waals surface area contributed by atoms with Crippen LogP contribution in [0, 0.1) is 11.8 Å². The molecule has 1 aromatic carbocycles. The van der Waals surface area contributed by atoms with Gasteiger partial charge in [-0.15, -0.1) is 0 Å². The molecular formula is C53H93N15O10. The molecule has 440 valence electrons. The van der Waals surface area contributed by atoms with E-state index in [-0.39, 0.29) is 115 Å². The van der Waals surface area contributed by atoms with Gasteiger partial charge in [0.15, 0.2) is 5.96 Å². The topological polar surface area (TPSA) is 425 Å². The molecule has 0 spiro atoms. The second kappa shape index (κ2) is 37.4. The van der Waals surface area contributed by atoms with E-state index in [9.17, 15) is 48.3 Å². The zero-order valence-electron chi connectivity index (χ0n) is 46.5. The highest BCUT2D eigenvalue weighted by molar-refractivity contribution is 5.98. The first-order valence-electron chi connectivity index (χ1n) is 27.7. The van der Waals surface area contributed by atoms with Gasteiger partial charge in [0.25, 0.3) is 0 Å². The Morgan fingerprint density at radius 2 is 1.13 bits per heavy atom. The molecule has 0 unspecified atom stereocenters. The van der Waals surface area contributed by atoms with E-state index in [1.54, 1.807) is 30.3 Å². The fourth-order valence-electron chi connectivity index (χ4n) is 8.73. The number of benzene rings is 1. The summed E-state index contributed by atoms with van der Waals surface area (Å²) in [5.41, 5.74) is 29.5. The summed E-state index contributed by atoms with van der Waals surface area (Å²) < 4.78 is 0. The molecule has 1 heterocycles. The summed E-state index contributed by atoms with van der Waals surface area (Å²) in [5, 5.41) is 34.9. The molecule has 1 saturated heterocycles. The van der Waals surface area contributed by atoms with Crippen LogP contribution in [0.3, 0.4) is 0 Å². The molecule has 20 N–H and O–H groups in total. The van der Waals surface area contributed by atoms with Gasteiger partial charge in [-0.2, -0.15) is 0 Å². The van der Waals surface area contributed by atoms with Gasteiger partial charge in [0, 0.05) is 19.5 Å². The van der Waals surface area contributed by atoms with E-state index in [1.165, 1.54) is 0 Å². The van der Waals surface area contributed by atoms with Gasteiger partial charge in [-0.25, -0.2) is 0 Å². The zero-order chi connectivity index (χ0) is 58.2. The molecule has 1 fully saturated rings. The van der Waals surface area contributed by atoms with Crippen molar-refractivity contribution in [3.05, 3.63) is 35.9 Å². The highest BCUT2D eigenvalue weighted by Crippen LogP contribution is 2.13. The van der Waals surface area contributed by atoms with E-state index in [0.29, 0.717) is 12.0 Å². The van der Waals surface area contributed by atoms with Crippen molar-refractivity contribution in [2.75, 3.05) is 32.7 Å². The number of carbonyl (C=O) groups is 9. The molecule has 25 heteroatoms. The number of hydrogen-bond donors (Lipinski definition) is 15. The number of aliphatic hydroxyl groups excluding tert-OH is 1. The number of amides is 9. The van der Waals surface area contributed by atoms with Crippen LogP contribution in [0.15, 0.2) is 35.3 Å². The molecule has 0 aromatic heterocycles. The van der Waals surface area contributed by atoms with Crippen LogP contribution in [0.5, 0.6) is 0 Å². The molecule has 9 amide bonds. The Morgan fingerprint density at radius 1 is 0.628 bits per heavy atom. The second-order valence-corrected chi connectivity index (χ2v) is 20.8. The van der Waals surface area contributed by atoms with Gasteiger partial charge >= 0.3 is 0 Å². The zero-order valence-corrected chi connectivity index (χ0v) is 46.5. The van der Waals surface area contributed by atoms with Gasteiger partial charge < -0.3 is 81.6 Å². The largest absolute Gasteiger partial charge is 0.393 e. The summed E-state index contributed by atoms with van der Waals surface area (Å²) >= 11 is 0. The third-order valence-corrected chi connectivity index (χ3v) is 12.9. The van der Waals surface area contributed by atoms with Gasteiger partial charge in [-0.1, -0.05) is 97.1 Å². The Morgan fingerprint density at radius 3 is 1.67 bits per heavy atom. The minimum Gasteiger partial charge on any atom is -0.393 e. The Bertz CT molecular complexity index is 2080. The lowest BCUT2D eigenvalue weighted by molar-refractivity contribution is -0.136. The molecule has 9 atom stereocenters. The lowest BCUT2D eigenvalue weighted by Gasteiger charge is -2.28. The normalized spacial score (nSPS) is 22.3. The van der Waals surface area contributed by atoms with Crippen LogP contribution in [0.2, 0.25) is 0 Å². The first-order chi connectivity index (χ1) is 37.1. The maximum Gasteiger partial charge on any atom is 0.243 e. The molecule has 0 radical (unpaired) electrons. The number of nitrogens with one attached hydrogen (secondary N) is 9. The molecule has 0 aliphatic carbocycles. The van der Waals surface area contributed by atoms with Gasteiger partial charge in [0.2, 0.25) is 53.2 Å². The van der Waals surface area contributed by atoms with E-state index < -0.39 is 108 Å². The van der Waals surface area contributed by atoms with Crippen molar-refractivity contribution in [2.24, 2.45) is 45.5 Å². The fourth-order valence-corrected chi connectivity index (χ4v) is 8.73. The van der Waals surface area contributed by atoms with Gasteiger partial charge in [0.05, 0.1) is 12.5 Å². The highest BCUT2D eigenvalue weighted by atomic mass is 16.3. The number of nitrogens with zero attached hydrogens (tertiary/aromatic N) is 1. The minimum absolute atomic E-state index is 0.0137. The van der Waals surface area contributed by atoms with Crippen LogP contribution in [-0.2, 0) is 49.6 Å². The third kappa shape index (κ3) is 26.7. The van der Waals surface area contributed by atoms with Crippen molar-refractivity contribution in [3.8, 4) is 0 Å². The summed E-state index contributed by atoms with van der Waals surface area (Å²) in [7, 11) is 0. The van der Waals surface area contributed by atoms with Gasteiger partial charge in [0.1, 0.15) is 48.3 Å². The Hall–Kier alpha value is -6.44. The standard InChI is InChI=1S/C53H93N15O10/c1-6-7-8-9-13-17-35(69)31-44(70)61-37(19-23-54)47(73)65-40-22-27-59-45(71)41(28-32(2)3)66-48(74)38(20-24-55)63-46(72)36(18-14-26-60-53(57)58)62-51(77)42(29-33(4)5)67-52(78)43(30-34-15-11-10-12-16-34)68-49(75)39(21-25-56)64-50(40)76/h10-12,15-16,32-33,35-43,69H,6-9,13-14,17-31,54-56H2,1-5H3,(H,59,71)(H,61,70)(H,62,77)(H,63,72)(H,64,76)(H,65,73)(H,66,74)(H,67,78)(H,68,75)(H4,57,58,60)/t35-,36+,37-,38+,39+,40+,41+,42+,43-/m1/s1. The predicted octanol–water partition coefficient (Wildman–Crippen LogP) is -2.07. The van der Waals surface area contributed by atoms with Crippen LogP contribution < -0.4 is 76.5 Å². The van der Waals surface area contributed by atoms with Crippen LogP contribution in [0.25, 0.3) is 0 Å². The number of rotatable bonds is 27. The molecule has 1 aliphatic rings. The summed E-state index contributed by atoms with van der Waals surface area (Å²) in [4.78, 5) is 131. The summed E-state index contributed by atoms with van der Waals surface area (Å²) in [5.74, 6) is -7.40. The van der Waals surface area contributed by atoms with Crippen molar-refractivity contribution >= 4 is 59.1 Å². The third-order valence-electron chi connectivity index (χ3n) is 12.9. The van der Waals surface area contributed by atoms with Crippen molar-refractivity contribution < 1.29 is 48.3 Å². The minimum atomic E-state index is -1.48. The summed E-state index contributed by atoms with van der Waals surface area (Å²) in [6, 6.07) is -1.77. The van der Waals surface area contributed by atoms with Crippen molar-refractivity contribution in [2.45, 2.75) is 192 Å². The molecule has 2 rings (SSSR count). The van der Waals surface area contributed by atoms with Crippen LogP contribution in [0.1, 0.15) is 136 Å². The lowest BCUT2D eigenvalue weighted by Crippen LogP contribution is -2.61. The molecule has 25 nitrogen and oxygen atoms in total. The number of hydrogen-bond acceptors (Lipinski definition) is 14. The Balaban J connectivity index is 2.72. The number of nitrogens with two attached hydrogens (primary N) is 5. The predicted molar refractivity (Wildman–Crippen MR) is 297 cm³/mol. The molecule has 1 aromatic rings. The van der Waals surface area contributed by atoms with Crippen molar-refractivity contribution in [3.63, 3.8) is 0 Å². The van der Waals surface area contributed by atoms with Crippen LogP contribution in [-0.4, -0.2) is 151 Å². The quantitative estimate of drug-likeness (QED) is 0.0256. The Kier molecular flexibility index (Phi) is 32.4. The number of aliphatic hydroxyl groups is 1. The lowest BCUT2D eigenvalue weighted by atomic mass is 10.00. The van der Waals surface area contributed by atoms with E-state index in [0.717, 1.165) is 32.1 Å². The van der Waals surface area contributed by atoms with E-state index >= 15 is 0 Å². The smallest absolute Gasteiger partial charge is 0.243 e. The molecule has 1 aliphatic heterocycles. The average molecular weight is 1100 g/mol. The highest BCUT2D eigenvalue weighted by Gasteiger charge is 2.36.